The molecule has 512 valence electrons. The number of methoxy groups -OCH3 is 4. The fourth-order valence-corrected chi connectivity index (χ4v) is 7.89. The standard InChI is InChI=1S/C16H23ClO4.C13H17ClO4.C11H13ClO4.C8H8ClIO2.C7H5ClO4.C4H8O.CH3F.BBr3.Li.H2O/c1-9(2)19-13-7-12(16(18)21-11(5)6)8-14(15(13)17)20-10(3)4;1-7(2)17-10-5-9(13(15)16)6-11(12(10)14)18-8(3)4;1-4-16-11(13)7-5-8(14-2)10(12)9(6-7)15-3;1-11-6-3-5(10)4-7(12-2)8(6)9;8-6-4(9)1-3(7(11)12)2-5(6)10;1-2-4-5-3-1;1-2;2-1(3)4;;/h7-11H,1-6H3;5-8H,1-4H3,(H,15,16);5-6H,4H2,1-3H3;3-4H,1-2H3;1-2,9-10H,(H,11,12);1-4H2;1H3;;;1H2/q;;;;;;;;+1;/p-1/i;;;;;;1D;;;. The maximum absolute atomic E-state index is 12.1. The van der Waals surface area contributed by atoms with E-state index in [1.807, 2.05) is 67.5 Å². The molecule has 32 heteroatoms. The van der Waals surface area contributed by atoms with E-state index in [4.69, 9.17) is 132 Å². The van der Waals surface area contributed by atoms with E-state index in [0.717, 1.165) is 28.9 Å². The second-order valence-electron chi connectivity index (χ2n) is 18.7. The zero-order valence-electron chi connectivity index (χ0n) is 54.6. The maximum Gasteiger partial charge on any atom is 1.00 e. The van der Waals surface area contributed by atoms with Gasteiger partial charge in [-0.15, -0.1) is 47.3 Å². The molecule has 0 spiro atoms. The van der Waals surface area contributed by atoms with Crippen molar-refractivity contribution in [3.63, 3.8) is 0 Å². The van der Waals surface area contributed by atoms with Gasteiger partial charge in [0.2, 0.25) is 0 Å². The molecule has 20 nitrogen and oxygen atoms in total. The van der Waals surface area contributed by atoms with Gasteiger partial charge in [0.1, 0.15) is 82.6 Å². The zero-order chi connectivity index (χ0) is 70.4. The third-order valence-corrected chi connectivity index (χ3v) is 12.3. The van der Waals surface area contributed by atoms with Crippen LogP contribution in [0.4, 0.5) is 4.39 Å². The van der Waals surface area contributed by atoms with E-state index in [1.54, 1.807) is 47.1 Å². The number of aromatic carboxylic acids is 2. The van der Waals surface area contributed by atoms with Crippen molar-refractivity contribution in [1.29, 1.82) is 0 Å². The number of carbonyl (C=O) groups excluding carboxylic acids is 2. The van der Waals surface area contributed by atoms with Gasteiger partial charge < -0.3 is 78.0 Å². The van der Waals surface area contributed by atoms with Crippen LogP contribution in [0.2, 0.25) is 25.1 Å². The number of esters is 2. The molecule has 5 aromatic rings. The number of ether oxygens (including phenoxy) is 11. The van der Waals surface area contributed by atoms with Crippen molar-refractivity contribution in [2.24, 2.45) is 0 Å². The Morgan fingerprint density at radius 3 is 1.04 bits per heavy atom. The maximum atomic E-state index is 12.1. The molecular formula is C60H78BBr3Cl5FILiO20. The first-order valence-electron chi connectivity index (χ1n) is 27.4. The van der Waals surface area contributed by atoms with Crippen molar-refractivity contribution in [3.05, 3.63) is 112 Å². The molecule has 1 aliphatic heterocycles. The number of hydrogen-bond donors (Lipinski definition) is 4. The number of phenolic OH excluding ortho intramolecular Hbond substituents is 2. The van der Waals surface area contributed by atoms with Crippen LogP contribution < -0.4 is 56.8 Å². The first-order valence-corrected chi connectivity index (χ1v) is 32.5. The summed E-state index contributed by atoms with van der Waals surface area (Å²) in [5, 5.41) is 36.7. The van der Waals surface area contributed by atoms with Gasteiger partial charge in [-0.3, -0.25) is 4.39 Å². The average molecular weight is 1700 g/mol. The Hall–Kier alpha value is -3.89. The van der Waals surface area contributed by atoms with Crippen LogP contribution in [0.15, 0.2) is 60.7 Å². The van der Waals surface area contributed by atoms with E-state index < -0.39 is 42.5 Å². The second-order valence-corrected chi connectivity index (χ2v) is 28.3. The summed E-state index contributed by atoms with van der Waals surface area (Å²) in [5.74, 6) is -0.534. The van der Waals surface area contributed by atoms with Crippen molar-refractivity contribution in [2.75, 3.05) is 55.4 Å². The predicted octanol–water partition coefficient (Wildman–Crippen LogP) is 15.4. The summed E-state index contributed by atoms with van der Waals surface area (Å²) in [7, 11) is 5.10. The Labute approximate surface area is 615 Å². The van der Waals surface area contributed by atoms with Crippen molar-refractivity contribution < 1.29 is 122 Å². The van der Waals surface area contributed by atoms with E-state index in [0.29, 0.717) is 83.8 Å². The number of carbonyl (C=O) groups is 4. The normalized spacial score (nSPS) is 10.7. The molecule has 0 radical (unpaired) electrons. The summed E-state index contributed by atoms with van der Waals surface area (Å²) in [6, 6.07) is 14.6. The molecule has 0 bridgehead atoms. The van der Waals surface area contributed by atoms with Crippen molar-refractivity contribution in [2.45, 2.75) is 120 Å². The number of hydrogen-bond acceptors (Lipinski definition) is 18. The Morgan fingerprint density at radius 1 is 0.533 bits per heavy atom. The molecule has 5 N–H and O–H groups in total. The molecule has 0 aromatic heterocycles. The number of rotatable bonds is 18. The van der Waals surface area contributed by atoms with Gasteiger partial charge in [0, 0.05) is 16.8 Å². The molecule has 1 heterocycles. The molecule has 6 rings (SSSR count). The van der Waals surface area contributed by atoms with Crippen LogP contribution in [0, 0.1) is 3.57 Å². The number of carboxylic acid groups (broad SMARTS) is 2. The van der Waals surface area contributed by atoms with E-state index in [2.05, 4.69) is 69.9 Å². The van der Waals surface area contributed by atoms with Crippen LogP contribution in [0.5, 0.6) is 57.5 Å². The van der Waals surface area contributed by atoms with Gasteiger partial charge in [0.25, 0.3) is 0 Å². The van der Waals surface area contributed by atoms with Crippen molar-refractivity contribution in [3.8, 4) is 57.5 Å². The summed E-state index contributed by atoms with van der Waals surface area (Å²) in [4.78, 5) is 45.0. The van der Waals surface area contributed by atoms with E-state index in [9.17, 15) is 23.6 Å². The minimum atomic E-state index is -1.24. The number of halogens is 10. The Bertz CT molecular complexity index is 2890. The van der Waals surface area contributed by atoms with Gasteiger partial charge in [-0.25, -0.2) is 19.2 Å². The monoisotopic (exact) mass is 1700 g/mol. The second kappa shape index (κ2) is 51.4. The number of alkyl halides is 1. The van der Waals surface area contributed by atoms with Gasteiger partial charge in [-0.2, -0.15) is 0 Å². The van der Waals surface area contributed by atoms with Crippen molar-refractivity contribution >= 4 is 155 Å². The minimum absolute atomic E-state index is 0. The third-order valence-electron chi connectivity index (χ3n) is 9.76. The number of aromatic hydroxyl groups is 2. The SMILES string of the molecule is BrB(Br)Br.C1CCOC1.CC(C)OC(=O)c1cc(OC(C)C)c(Cl)c(OC(C)C)c1.CC(C)Oc1cc(C(=O)O)cc(OC(C)C)c1Cl.CCOC(=O)c1cc(OC)c(Cl)c(OC)c1.COc1cc(I)cc(OC)c1Cl.O=C(O)c1cc(O)c(Cl)c(O)c1.[2H]CF.[Li+].[OH-]. The first kappa shape index (κ1) is 92.3. The fourth-order valence-electron chi connectivity index (χ4n) is 6.29. The molecular weight excluding hydrogens is 1620 g/mol. The van der Waals surface area contributed by atoms with Gasteiger partial charge in [0.15, 0.2) is 0 Å². The molecule has 5 aromatic carbocycles. The quantitative estimate of drug-likeness (QED) is 0.0360. The molecule has 0 saturated carbocycles. The Kier molecular flexibility index (Phi) is 51.6. The minimum Gasteiger partial charge on any atom is -0.870 e. The summed E-state index contributed by atoms with van der Waals surface area (Å²) < 4.78 is 74.3. The number of phenols is 2. The molecule has 1 saturated heterocycles. The van der Waals surface area contributed by atoms with Crippen LogP contribution in [0.3, 0.4) is 0 Å². The van der Waals surface area contributed by atoms with E-state index >= 15 is 0 Å². The largest absolute Gasteiger partial charge is 1.00 e. The van der Waals surface area contributed by atoms with Crippen LogP contribution in [0.25, 0.3) is 0 Å². The van der Waals surface area contributed by atoms with Gasteiger partial charge in [0.05, 0.1) is 96.3 Å². The molecule has 0 aliphatic carbocycles. The number of carboxylic acids is 2. The number of benzene rings is 5. The van der Waals surface area contributed by atoms with Crippen LogP contribution in [-0.4, -0.2) is 139 Å². The van der Waals surface area contributed by atoms with Crippen LogP contribution >= 0.6 is 128 Å². The molecule has 92 heavy (non-hydrogen) atoms. The summed E-state index contributed by atoms with van der Waals surface area (Å²) in [6.45, 7) is 22.6. The third kappa shape index (κ3) is 38.0. The summed E-state index contributed by atoms with van der Waals surface area (Å²) in [5.41, 5.74) is 0.583. The topological polar surface area (TPSA) is 281 Å². The zero-order valence-corrected chi connectivity index (χ0v) is 64.3. The smallest absolute Gasteiger partial charge is 0.870 e. The van der Waals surface area contributed by atoms with Crippen LogP contribution in [0.1, 0.15) is 132 Å². The summed E-state index contributed by atoms with van der Waals surface area (Å²) in [6.07, 6.45) is 2.03. The molecule has 0 amide bonds. The van der Waals surface area contributed by atoms with Crippen molar-refractivity contribution in [1.82, 2.24) is 0 Å². The Balaban J connectivity index is -0.000000511. The first-order chi connectivity index (χ1) is 42.5. The van der Waals surface area contributed by atoms with Gasteiger partial charge in [-0.1, -0.05) is 58.0 Å². The van der Waals surface area contributed by atoms with Crippen LogP contribution in [-0.2, 0) is 14.2 Å². The average Bonchev–Trinajstić information content (AvgIpc) is 0.959. The predicted molar refractivity (Wildman–Crippen MR) is 375 cm³/mol. The molecule has 1 fully saturated rings. The van der Waals surface area contributed by atoms with E-state index in [-0.39, 0.29) is 74.2 Å². The van der Waals surface area contributed by atoms with Gasteiger partial charge >= 0.3 is 45.9 Å². The molecule has 1 aliphatic rings. The molecule has 0 atom stereocenters. The summed E-state index contributed by atoms with van der Waals surface area (Å²) >= 11 is 41.1. The van der Waals surface area contributed by atoms with Gasteiger partial charge in [-0.05, 0) is 172 Å². The molecule has 0 unspecified atom stereocenters. The Morgan fingerprint density at radius 2 is 0.793 bits per heavy atom. The fraction of sp³-hybridized carbons (Fsp3) is 0.433. The van der Waals surface area contributed by atoms with E-state index in [1.165, 1.54) is 51.3 Å².